The van der Waals surface area contributed by atoms with E-state index in [1.807, 2.05) is 12.1 Å². The van der Waals surface area contributed by atoms with Crippen LogP contribution in [0.2, 0.25) is 5.02 Å². The molecule has 118 valence electrons. The first-order valence-corrected chi connectivity index (χ1v) is 7.87. The summed E-state index contributed by atoms with van der Waals surface area (Å²) in [4.78, 5) is 25.6. The molecule has 1 aliphatic rings. The summed E-state index contributed by atoms with van der Waals surface area (Å²) in [5, 5.41) is 0.643. The van der Waals surface area contributed by atoms with Gasteiger partial charge in [-0.1, -0.05) is 23.7 Å². The number of rotatable bonds is 4. The fourth-order valence-corrected chi connectivity index (χ4v) is 2.68. The maximum atomic E-state index is 12.1. The summed E-state index contributed by atoms with van der Waals surface area (Å²) < 4.78 is 5.02. The number of esters is 1. The molecular formula is C17H20ClNO3. The summed E-state index contributed by atoms with van der Waals surface area (Å²) in [5.41, 5.74) is 0.891. The Bertz CT molecular complexity index is 563. The number of nitrogens with zero attached hydrogens (tertiary/aromatic N) is 1. The summed E-state index contributed by atoms with van der Waals surface area (Å²) in [6.45, 7) is 3.38. The predicted octanol–water partition coefficient (Wildman–Crippen LogP) is 3.15. The lowest BCUT2D eigenvalue weighted by Gasteiger charge is -2.30. The van der Waals surface area contributed by atoms with Gasteiger partial charge in [0.2, 0.25) is 5.91 Å². The lowest BCUT2D eigenvalue weighted by molar-refractivity contribution is -0.150. The topological polar surface area (TPSA) is 46.6 Å². The molecule has 1 amide bonds. The lowest BCUT2D eigenvalue weighted by atomic mass is 9.97. The molecule has 0 bridgehead atoms. The van der Waals surface area contributed by atoms with Crippen molar-refractivity contribution >= 4 is 29.6 Å². The normalized spacial score (nSPS) is 16.0. The van der Waals surface area contributed by atoms with Gasteiger partial charge in [0.05, 0.1) is 12.5 Å². The molecule has 0 atom stereocenters. The van der Waals surface area contributed by atoms with Gasteiger partial charge in [-0.25, -0.2) is 0 Å². The number of piperidine rings is 1. The molecule has 1 heterocycles. The molecule has 0 unspecified atom stereocenters. The van der Waals surface area contributed by atoms with Gasteiger partial charge in [0, 0.05) is 24.2 Å². The molecule has 0 aliphatic carbocycles. The van der Waals surface area contributed by atoms with E-state index < -0.39 is 0 Å². The van der Waals surface area contributed by atoms with Crippen molar-refractivity contribution in [2.75, 3.05) is 19.7 Å². The first-order chi connectivity index (χ1) is 10.6. The minimum Gasteiger partial charge on any atom is -0.466 e. The first kappa shape index (κ1) is 16.6. The monoisotopic (exact) mass is 321 g/mol. The number of amides is 1. The van der Waals surface area contributed by atoms with Crippen LogP contribution in [0.5, 0.6) is 0 Å². The Kier molecular flexibility index (Phi) is 6.01. The van der Waals surface area contributed by atoms with Crippen molar-refractivity contribution in [1.29, 1.82) is 0 Å². The van der Waals surface area contributed by atoms with Gasteiger partial charge in [0.15, 0.2) is 0 Å². The Hall–Kier alpha value is -1.81. The number of benzene rings is 1. The Morgan fingerprint density at radius 1 is 1.36 bits per heavy atom. The summed E-state index contributed by atoms with van der Waals surface area (Å²) in [6, 6.07) is 7.33. The standard InChI is InChI=1S/C17H20ClNO3/c1-2-22-17(21)14-8-10-19(11-9-14)16(20)7-6-13-4-3-5-15(18)12-13/h3-7,12,14H,2,8-11H2,1H3. The Morgan fingerprint density at radius 3 is 2.73 bits per heavy atom. The molecule has 0 N–H and O–H groups in total. The smallest absolute Gasteiger partial charge is 0.309 e. The van der Waals surface area contributed by atoms with Crippen LogP contribution in [0.25, 0.3) is 6.08 Å². The van der Waals surface area contributed by atoms with Gasteiger partial charge in [-0.3, -0.25) is 9.59 Å². The fourth-order valence-electron chi connectivity index (χ4n) is 2.48. The zero-order valence-corrected chi connectivity index (χ0v) is 13.4. The van der Waals surface area contributed by atoms with Gasteiger partial charge in [0.1, 0.15) is 0 Å². The molecule has 1 aliphatic heterocycles. The fraction of sp³-hybridized carbons (Fsp3) is 0.412. The highest BCUT2D eigenvalue weighted by Crippen LogP contribution is 2.19. The average molecular weight is 322 g/mol. The third-order valence-corrected chi connectivity index (χ3v) is 3.93. The Morgan fingerprint density at radius 2 is 2.09 bits per heavy atom. The van der Waals surface area contributed by atoms with Crippen molar-refractivity contribution in [3.63, 3.8) is 0 Å². The third-order valence-electron chi connectivity index (χ3n) is 3.69. The van der Waals surface area contributed by atoms with Crippen LogP contribution in [0, 0.1) is 5.92 Å². The highest BCUT2D eigenvalue weighted by Gasteiger charge is 2.27. The minimum atomic E-state index is -0.149. The summed E-state index contributed by atoms with van der Waals surface area (Å²) >= 11 is 5.91. The van der Waals surface area contributed by atoms with Crippen LogP contribution < -0.4 is 0 Å². The maximum Gasteiger partial charge on any atom is 0.309 e. The van der Waals surface area contributed by atoms with Crippen molar-refractivity contribution < 1.29 is 14.3 Å². The van der Waals surface area contributed by atoms with Crippen LogP contribution in [0.3, 0.4) is 0 Å². The summed E-state index contributed by atoms with van der Waals surface area (Å²) in [5.74, 6) is -0.271. The molecule has 0 saturated carbocycles. The number of hydrogen-bond donors (Lipinski definition) is 0. The first-order valence-electron chi connectivity index (χ1n) is 7.49. The highest BCUT2D eigenvalue weighted by atomic mass is 35.5. The van der Waals surface area contributed by atoms with Gasteiger partial charge in [-0.2, -0.15) is 0 Å². The zero-order chi connectivity index (χ0) is 15.9. The van der Waals surface area contributed by atoms with Crippen LogP contribution in [0.15, 0.2) is 30.3 Å². The Balaban J connectivity index is 1.86. The lowest BCUT2D eigenvalue weighted by Crippen LogP contribution is -2.39. The molecule has 1 aromatic rings. The molecule has 1 aromatic carbocycles. The van der Waals surface area contributed by atoms with Gasteiger partial charge in [-0.05, 0) is 43.5 Å². The van der Waals surface area contributed by atoms with Crippen molar-refractivity contribution in [2.45, 2.75) is 19.8 Å². The van der Waals surface area contributed by atoms with Crippen LogP contribution in [-0.2, 0) is 14.3 Å². The number of carbonyl (C=O) groups excluding carboxylic acids is 2. The molecule has 4 nitrogen and oxygen atoms in total. The number of halogens is 1. The summed E-state index contributed by atoms with van der Waals surface area (Å²) in [7, 11) is 0. The van der Waals surface area contributed by atoms with E-state index in [1.165, 1.54) is 0 Å². The molecule has 0 aromatic heterocycles. The molecule has 1 saturated heterocycles. The van der Waals surface area contributed by atoms with Gasteiger partial charge in [-0.15, -0.1) is 0 Å². The maximum absolute atomic E-state index is 12.1. The van der Waals surface area contributed by atoms with E-state index in [2.05, 4.69) is 0 Å². The van der Waals surface area contributed by atoms with E-state index >= 15 is 0 Å². The average Bonchev–Trinajstić information content (AvgIpc) is 2.53. The van der Waals surface area contributed by atoms with Crippen LogP contribution >= 0.6 is 11.6 Å². The zero-order valence-electron chi connectivity index (χ0n) is 12.6. The van der Waals surface area contributed by atoms with Crippen molar-refractivity contribution in [1.82, 2.24) is 4.90 Å². The van der Waals surface area contributed by atoms with Crippen molar-refractivity contribution in [3.8, 4) is 0 Å². The van der Waals surface area contributed by atoms with E-state index in [0.29, 0.717) is 37.6 Å². The number of carbonyl (C=O) groups is 2. The van der Waals surface area contributed by atoms with Crippen LogP contribution in [-0.4, -0.2) is 36.5 Å². The van der Waals surface area contributed by atoms with Gasteiger partial charge >= 0.3 is 5.97 Å². The summed E-state index contributed by atoms with van der Waals surface area (Å²) in [6.07, 6.45) is 4.63. The number of ether oxygens (including phenoxy) is 1. The van der Waals surface area contributed by atoms with Gasteiger partial charge < -0.3 is 9.64 Å². The van der Waals surface area contributed by atoms with E-state index in [9.17, 15) is 9.59 Å². The van der Waals surface area contributed by atoms with Crippen molar-refractivity contribution in [2.24, 2.45) is 5.92 Å². The molecule has 2 rings (SSSR count). The molecule has 0 radical (unpaired) electrons. The quantitative estimate of drug-likeness (QED) is 0.632. The highest BCUT2D eigenvalue weighted by molar-refractivity contribution is 6.30. The number of likely N-dealkylation sites (tertiary alicyclic amines) is 1. The predicted molar refractivity (Wildman–Crippen MR) is 86.4 cm³/mol. The van der Waals surface area contributed by atoms with Gasteiger partial charge in [0.25, 0.3) is 0 Å². The molecule has 0 spiro atoms. The van der Waals surface area contributed by atoms with Crippen LogP contribution in [0.1, 0.15) is 25.3 Å². The molecular weight excluding hydrogens is 302 g/mol. The minimum absolute atomic E-state index is 0.0396. The number of hydrogen-bond acceptors (Lipinski definition) is 3. The SMILES string of the molecule is CCOC(=O)C1CCN(C(=O)C=Cc2cccc(Cl)c2)CC1. The Labute approximate surface area is 135 Å². The molecule has 22 heavy (non-hydrogen) atoms. The van der Waals surface area contributed by atoms with Crippen LogP contribution in [0.4, 0.5) is 0 Å². The van der Waals surface area contributed by atoms with E-state index in [-0.39, 0.29) is 17.8 Å². The van der Waals surface area contributed by atoms with Crippen molar-refractivity contribution in [3.05, 3.63) is 40.9 Å². The van der Waals surface area contributed by atoms with E-state index in [1.54, 1.807) is 36.1 Å². The largest absolute Gasteiger partial charge is 0.466 e. The second-order valence-electron chi connectivity index (χ2n) is 5.24. The second-order valence-corrected chi connectivity index (χ2v) is 5.68. The molecule has 5 heteroatoms. The van der Waals surface area contributed by atoms with E-state index in [0.717, 1.165) is 5.56 Å². The second kappa shape index (κ2) is 7.99. The van der Waals surface area contributed by atoms with E-state index in [4.69, 9.17) is 16.3 Å². The third kappa shape index (κ3) is 4.60. The molecule has 1 fully saturated rings.